The van der Waals surface area contributed by atoms with Crippen molar-refractivity contribution < 1.29 is 0 Å². The van der Waals surface area contributed by atoms with Crippen molar-refractivity contribution in [2.24, 2.45) is 9.98 Å². The van der Waals surface area contributed by atoms with Crippen LogP contribution in [0.1, 0.15) is 22.3 Å². The first-order valence-corrected chi connectivity index (χ1v) is 8.08. The zero-order chi connectivity index (χ0) is 17.2. The number of nitrogens with zero attached hydrogens (tertiary/aromatic N) is 4. The van der Waals surface area contributed by atoms with Gasteiger partial charge in [0.1, 0.15) is 11.7 Å². The van der Waals surface area contributed by atoms with Crippen LogP contribution in [0.15, 0.2) is 70.9 Å². The molecule has 0 amide bonds. The van der Waals surface area contributed by atoms with Crippen LogP contribution in [0.4, 0.5) is 11.6 Å². The molecule has 0 atom stereocenters. The Bertz CT molecular complexity index is 889. The summed E-state index contributed by atoms with van der Waals surface area (Å²) in [7, 11) is 0. The summed E-state index contributed by atoms with van der Waals surface area (Å²) in [5, 5.41) is 3.30. The first kappa shape index (κ1) is 15.2. The molecule has 0 radical (unpaired) electrons. The lowest BCUT2D eigenvalue weighted by Crippen LogP contribution is -2.22. The molecular weight excluding hydrogens is 310 g/mol. The topological polar surface area (TPSA) is 62.5 Å². The summed E-state index contributed by atoms with van der Waals surface area (Å²) in [6.07, 6.45) is 3.62. The number of aryl methyl sites for hydroxylation is 2. The van der Waals surface area contributed by atoms with Crippen LogP contribution in [0.3, 0.4) is 0 Å². The largest absolute Gasteiger partial charge is 0.324 e. The number of hydrogen-bond acceptors (Lipinski definition) is 4. The molecule has 1 aliphatic heterocycles. The summed E-state index contributed by atoms with van der Waals surface area (Å²) < 4.78 is 0. The van der Waals surface area contributed by atoms with Crippen molar-refractivity contribution in [3.63, 3.8) is 0 Å². The number of nitrogens with one attached hydrogen (secondary N) is 1. The average Bonchev–Trinajstić information content (AvgIpc) is 2.97. The molecule has 5 nitrogen and oxygen atoms in total. The molecule has 0 saturated heterocycles. The van der Waals surface area contributed by atoms with Gasteiger partial charge in [-0.25, -0.2) is 20.0 Å². The van der Waals surface area contributed by atoms with Gasteiger partial charge < -0.3 is 5.32 Å². The second kappa shape index (κ2) is 6.28. The summed E-state index contributed by atoms with van der Waals surface area (Å²) in [6.45, 7) is 4.01. The first-order valence-electron chi connectivity index (χ1n) is 8.08. The summed E-state index contributed by atoms with van der Waals surface area (Å²) >= 11 is 0. The maximum Gasteiger partial charge on any atom is 0.154 e. The first-order chi connectivity index (χ1) is 12.2. The van der Waals surface area contributed by atoms with E-state index in [1.165, 1.54) is 0 Å². The molecule has 0 fully saturated rings. The Labute approximate surface area is 146 Å². The number of hydrogen-bond donors (Lipinski definition) is 1. The molecule has 3 aromatic rings. The van der Waals surface area contributed by atoms with Gasteiger partial charge in [0.15, 0.2) is 11.6 Å². The van der Waals surface area contributed by atoms with Gasteiger partial charge in [0, 0.05) is 23.5 Å². The van der Waals surface area contributed by atoms with Crippen molar-refractivity contribution in [2.75, 3.05) is 0 Å². The monoisotopic (exact) mass is 327 g/mol. The Balaban J connectivity index is 1.75. The highest BCUT2D eigenvalue weighted by atomic mass is 15.1. The minimum atomic E-state index is 0.664. The van der Waals surface area contributed by atoms with Crippen LogP contribution in [-0.4, -0.2) is 21.6 Å². The minimum Gasteiger partial charge on any atom is -0.324 e. The maximum atomic E-state index is 4.64. The van der Waals surface area contributed by atoms with Gasteiger partial charge in [-0.1, -0.05) is 36.4 Å². The number of pyridine rings is 2. The lowest BCUT2D eigenvalue weighted by atomic mass is 10.1. The smallest absolute Gasteiger partial charge is 0.154 e. The molecular formula is C20H17N5. The zero-order valence-electron chi connectivity index (χ0n) is 14.1. The van der Waals surface area contributed by atoms with Crippen LogP contribution in [0.5, 0.6) is 0 Å². The third-order valence-corrected chi connectivity index (χ3v) is 3.92. The van der Waals surface area contributed by atoms with Crippen LogP contribution in [0.2, 0.25) is 0 Å². The number of fused-ring (bicyclic) bond motifs is 1. The number of aliphatic imine (C=N–C) groups is 2. The molecule has 4 rings (SSSR count). The van der Waals surface area contributed by atoms with Gasteiger partial charge >= 0.3 is 0 Å². The molecule has 3 heterocycles. The summed E-state index contributed by atoms with van der Waals surface area (Å²) in [5.74, 6) is 2.82. The highest BCUT2D eigenvalue weighted by molar-refractivity contribution is 6.26. The van der Waals surface area contributed by atoms with Gasteiger partial charge in [-0.05, 0) is 37.1 Å². The number of benzene rings is 1. The highest BCUT2D eigenvalue weighted by Gasteiger charge is 2.23. The van der Waals surface area contributed by atoms with E-state index >= 15 is 0 Å². The van der Waals surface area contributed by atoms with E-state index < -0.39 is 0 Å². The number of amidine groups is 2. The SMILES string of the molecule is Cc1ccc(/N=C2\N/C(=N/c3ccc(C)cn3)c3ccccc32)nc1. The van der Waals surface area contributed by atoms with Crippen LogP contribution < -0.4 is 5.32 Å². The van der Waals surface area contributed by atoms with Gasteiger partial charge in [0.05, 0.1) is 0 Å². The van der Waals surface area contributed by atoms with E-state index in [1.807, 2.05) is 74.8 Å². The summed E-state index contributed by atoms with van der Waals surface area (Å²) in [5.41, 5.74) is 4.24. The lowest BCUT2D eigenvalue weighted by Gasteiger charge is -2.01. The fraction of sp³-hybridized carbons (Fsp3) is 0.100. The Kier molecular flexibility index (Phi) is 3.82. The molecule has 0 unspecified atom stereocenters. The summed E-state index contributed by atoms with van der Waals surface area (Å²) in [4.78, 5) is 18.0. The van der Waals surface area contributed by atoms with Gasteiger partial charge in [0.25, 0.3) is 0 Å². The number of rotatable bonds is 2. The predicted octanol–water partition coefficient (Wildman–Crippen LogP) is 3.85. The lowest BCUT2D eigenvalue weighted by molar-refractivity contribution is 1.21. The average molecular weight is 327 g/mol. The van der Waals surface area contributed by atoms with E-state index in [1.54, 1.807) is 0 Å². The molecule has 1 aromatic carbocycles. The van der Waals surface area contributed by atoms with E-state index in [0.717, 1.165) is 33.9 Å². The van der Waals surface area contributed by atoms with Crippen molar-refractivity contribution in [3.05, 3.63) is 83.2 Å². The zero-order valence-corrected chi connectivity index (χ0v) is 14.1. The Morgan fingerprint density at radius 2 is 1.16 bits per heavy atom. The third-order valence-electron chi connectivity index (χ3n) is 3.92. The Morgan fingerprint density at radius 3 is 1.56 bits per heavy atom. The molecule has 0 aliphatic carbocycles. The quantitative estimate of drug-likeness (QED) is 0.777. The molecule has 1 N–H and O–H groups in total. The van der Waals surface area contributed by atoms with Crippen LogP contribution in [0, 0.1) is 13.8 Å². The van der Waals surface area contributed by atoms with Crippen molar-refractivity contribution in [1.29, 1.82) is 0 Å². The Hall–Kier alpha value is -3.34. The standard InChI is InChI=1S/C20H17N5/c1-13-7-9-17(21-11-13)23-19-15-5-3-4-6-16(15)20(25-19)24-18-10-8-14(2)12-22-18/h3-12H,1-2H3,(H,21,22,23,24,25). The Morgan fingerprint density at radius 1 is 0.680 bits per heavy atom. The van der Waals surface area contributed by atoms with E-state index in [0.29, 0.717) is 11.6 Å². The third kappa shape index (κ3) is 3.17. The van der Waals surface area contributed by atoms with Gasteiger partial charge in [-0.3, -0.25) is 0 Å². The van der Waals surface area contributed by atoms with Crippen molar-refractivity contribution in [1.82, 2.24) is 15.3 Å². The second-order valence-electron chi connectivity index (χ2n) is 5.98. The molecule has 0 bridgehead atoms. The maximum absolute atomic E-state index is 4.64. The molecule has 1 aliphatic rings. The van der Waals surface area contributed by atoms with E-state index in [2.05, 4.69) is 25.3 Å². The fourth-order valence-electron chi connectivity index (χ4n) is 2.60. The fourth-order valence-corrected chi connectivity index (χ4v) is 2.60. The van der Waals surface area contributed by atoms with E-state index in [-0.39, 0.29) is 0 Å². The van der Waals surface area contributed by atoms with Crippen LogP contribution >= 0.6 is 0 Å². The molecule has 0 spiro atoms. The highest BCUT2D eigenvalue weighted by Crippen LogP contribution is 2.21. The van der Waals surface area contributed by atoms with Gasteiger partial charge in [-0.15, -0.1) is 0 Å². The van der Waals surface area contributed by atoms with Crippen molar-refractivity contribution >= 4 is 23.3 Å². The predicted molar refractivity (Wildman–Crippen MR) is 99.9 cm³/mol. The minimum absolute atomic E-state index is 0.664. The molecule has 2 aromatic heterocycles. The normalized spacial score (nSPS) is 16.1. The van der Waals surface area contributed by atoms with E-state index in [4.69, 9.17) is 0 Å². The van der Waals surface area contributed by atoms with Gasteiger partial charge in [0.2, 0.25) is 0 Å². The van der Waals surface area contributed by atoms with Crippen molar-refractivity contribution in [2.45, 2.75) is 13.8 Å². The summed E-state index contributed by atoms with van der Waals surface area (Å²) in [6, 6.07) is 15.8. The van der Waals surface area contributed by atoms with E-state index in [9.17, 15) is 0 Å². The van der Waals surface area contributed by atoms with Crippen LogP contribution in [0.25, 0.3) is 0 Å². The van der Waals surface area contributed by atoms with Gasteiger partial charge in [-0.2, -0.15) is 0 Å². The molecule has 25 heavy (non-hydrogen) atoms. The van der Waals surface area contributed by atoms with Crippen molar-refractivity contribution in [3.8, 4) is 0 Å². The molecule has 122 valence electrons. The number of aromatic nitrogens is 2. The van der Waals surface area contributed by atoms with Crippen LogP contribution in [-0.2, 0) is 0 Å². The molecule has 0 saturated carbocycles. The second-order valence-corrected chi connectivity index (χ2v) is 5.98. The molecule has 5 heteroatoms.